The molecule has 2 aromatic heterocycles. The normalized spacial score (nSPS) is 11.6. The van der Waals surface area contributed by atoms with E-state index in [4.69, 9.17) is 4.98 Å². The van der Waals surface area contributed by atoms with Crippen LogP contribution in [0.5, 0.6) is 0 Å². The van der Waals surface area contributed by atoms with Crippen LogP contribution in [0.3, 0.4) is 0 Å². The van der Waals surface area contributed by atoms with Crippen molar-refractivity contribution in [2.45, 2.75) is 19.8 Å². The minimum atomic E-state index is 0.446. The van der Waals surface area contributed by atoms with Crippen molar-refractivity contribution in [3.63, 3.8) is 0 Å². The maximum absolute atomic E-state index is 4.87. The smallest absolute Gasteiger partial charge is 0.157 e. The molecule has 0 radical (unpaired) electrons. The zero-order valence-electron chi connectivity index (χ0n) is 12.7. The monoisotopic (exact) mass is 287 g/mol. The van der Waals surface area contributed by atoms with E-state index in [9.17, 15) is 0 Å². The lowest BCUT2D eigenvalue weighted by Gasteiger charge is -2.09. The number of H-pyrrole nitrogens is 1. The van der Waals surface area contributed by atoms with Gasteiger partial charge in [-0.3, -0.25) is 0 Å². The molecule has 0 saturated carbocycles. The van der Waals surface area contributed by atoms with Gasteiger partial charge in [0.05, 0.1) is 16.6 Å². The minimum absolute atomic E-state index is 0.446. The molecule has 0 saturated heterocycles. The molecule has 0 fully saturated rings. The Morgan fingerprint density at radius 2 is 1.73 bits per heavy atom. The van der Waals surface area contributed by atoms with Crippen LogP contribution in [0.25, 0.3) is 33.5 Å². The Balaban J connectivity index is 1.93. The highest BCUT2D eigenvalue weighted by atomic mass is 14.9. The summed E-state index contributed by atoms with van der Waals surface area (Å²) in [5, 5.41) is 1.17. The molecular weight excluding hydrogens is 270 g/mol. The van der Waals surface area contributed by atoms with Gasteiger partial charge in [-0.25, -0.2) is 9.97 Å². The van der Waals surface area contributed by atoms with Crippen molar-refractivity contribution in [1.29, 1.82) is 0 Å². The number of aromatic nitrogens is 3. The number of fused-ring (bicyclic) bond motifs is 2. The SMILES string of the molecule is CC(C)c1cccc2ccc(-c3nc4ccccc4[nH]3)nc12. The summed E-state index contributed by atoms with van der Waals surface area (Å²) < 4.78 is 0. The van der Waals surface area contributed by atoms with Crippen molar-refractivity contribution >= 4 is 21.9 Å². The Morgan fingerprint density at radius 3 is 2.55 bits per heavy atom. The van der Waals surface area contributed by atoms with Crippen LogP contribution in [0.4, 0.5) is 0 Å². The van der Waals surface area contributed by atoms with E-state index in [2.05, 4.69) is 48.1 Å². The van der Waals surface area contributed by atoms with E-state index < -0.39 is 0 Å². The summed E-state index contributed by atoms with van der Waals surface area (Å²) in [6, 6.07) is 18.6. The van der Waals surface area contributed by atoms with E-state index in [0.717, 1.165) is 28.1 Å². The number of pyridine rings is 1. The predicted molar refractivity (Wildman–Crippen MR) is 90.9 cm³/mol. The molecule has 108 valence electrons. The van der Waals surface area contributed by atoms with E-state index in [1.165, 1.54) is 10.9 Å². The van der Waals surface area contributed by atoms with Crippen LogP contribution >= 0.6 is 0 Å². The second-order valence-corrected chi connectivity index (χ2v) is 5.87. The van der Waals surface area contributed by atoms with Crippen LogP contribution < -0.4 is 0 Å². The zero-order chi connectivity index (χ0) is 15.1. The molecule has 1 N–H and O–H groups in total. The number of aromatic amines is 1. The average Bonchev–Trinajstić information content (AvgIpc) is 2.97. The Hall–Kier alpha value is -2.68. The third-order valence-corrected chi connectivity index (χ3v) is 4.01. The van der Waals surface area contributed by atoms with Gasteiger partial charge in [0.15, 0.2) is 5.82 Å². The number of nitrogens with zero attached hydrogens (tertiary/aromatic N) is 2. The molecule has 2 aromatic carbocycles. The zero-order valence-corrected chi connectivity index (χ0v) is 12.7. The van der Waals surface area contributed by atoms with Crippen LogP contribution in [-0.2, 0) is 0 Å². The quantitative estimate of drug-likeness (QED) is 0.569. The minimum Gasteiger partial charge on any atom is -0.337 e. The Labute approximate surface area is 129 Å². The van der Waals surface area contributed by atoms with Gasteiger partial charge < -0.3 is 4.98 Å². The lowest BCUT2D eigenvalue weighted by molar-refractivity contribution is 0.873. The van der Waals surface area contributed by atoms with Gasteiger partial charge in [-0.2, -0.15) is 0 Å². The third-order valence-electron chi connectivity index (χ3n) is 4.01. The fourth-order valence-corrected chi connectivity index (χ4v) is 2.84. The molecule has 0 aliphatic rings. The Kier molecular flexibility index (Phi) is 2.93. The van der Waals surface area contributed by atoms with Crippen molar-refractivity contribution in [2.24, 2.45) is 0 Å². The first-order valence-electron chi connectivity index (χ1n) is 7.57. The largest absolute Gasteiger partial charge is 0.337 e. The molecule has 22 heavy (non-hydrogen) atoms. The van der Waals surface area contributed by atoms with E-state index in [-0.39, 0.29) is 0 Å². The molecule has 0 unspecified atom stereocenters. The second-order valence-electron chi connectivity index (χ2n) is 5.87. The number of rotatable bonds is 2. The van der Waals surface area contributed by atoms with E-state index in [0.29, 0.717) is 5.92 Å². The topological polar surface area (TPSA) is 41.6 Å². The first-order valence-corrected chi connectivity index (χ1v) is 7.57. The first-order chi connectivity index (χ1) is 10.7. The molecule has 4 aromatic rings. The van der Waals surface area contributed by atoms with Crippen molar-refractivity contribution in [3.8, 4) is 11.5 Å². The molecule has 0 aliphatic heterocycles. The summed E-state index contributed by atoms with van der Waals surface area (Å²) in [4.78, 5) is 12.9. The lowest BCUT2D eigenvalue weighted by atomic mass is 9.99. The van der Waals surface area contributed by atoms with Crippen molar-refractivity contribution in [1.82, 2.24) is 15.0 Å². The van der Waals surface area contributed by atoms with E-state index in [1.807, 2.05) is 30.3 Å². The molecule has 0 aliphatic carbocycles. The number of nitrogens with one attached hydrogen (secondary N) is 1. The van der Waals surface area contributed by atoms with Crippen LogP contribution in [0.15, 0.2) is 54.6 Å². The van der Waals surface area contributed by atoms with Crippen molar-refractivity contribution in [2.75, 3.05) is 0 Å². The van der Waals surface area contributed by atoms with Crippen LogP contribution in [-0.4, -0.2) is 15.0 Å². The second kappa shape index (κ2) is 4.95. The summed E-state index contributed by atoms with van der Waals surface area (Å²) >= 11 is 0. The average molecular weight is 287 g/mol. The summed E-state index contributed by atoms with van der Waals surface area (Å²) in [6.45, 7) is 4.40. The van der Waals surface area contributed by atoms with Crippen molar-refractivity contribution < 1.29 is 0 Å². The van der Waals surface area contributed by atoms with Gasteiger partial charge in [0.1, 0.15) is 5.69 Å². The van der Waals surface area contributed by atoms with Crippen LogP contribution in [0, 0.1) is 0 Å². The van der Waals surface area contributed by atoms with Crippen molar-refractivity contribution in [3.05, 3.63) is 60.2 Å². The lowest BCUT2D eigenvalue weighted by Crippen LogP contribution is -1.94. The molecule has 2 heterocycles. The van der Waals surface area contributed by atoms with Gasteiger partial charge in [0, 0.05) is 5.39 Å². The maximum Gasteiger partial charge on any atom is 0.157 e. The highest BCUT2D eigenvalue weighted by Gasteiger charge is 2.10. The molecular formula is C19H17N3. The van der Waals surface area contributed by atoms with Gasteiger partial charge in [0.2, 0.25) is 0 Å². The third kappa shape index (κ3) is 2.06. The van der Waals surface area contributed by atoms with E-state index >= 15 is 0 Å². The van der Waals surface area contributed by atoms with Gasteiger partial charge >= 0.3 is 0 Å². The highest BCUT2D eigenvalue weighted by Crippen LogP contribution is 2.27. The van der Waals surface area contributed by atoms with Crippen LogP contribution in [0.2, 0.25) is 0 Å². The maximum atomic E-state index is 4.87. The molecule has 4 rings (SSSR count). The molecule has 0 bridgehead atoms. The molecule has 0 atom stereocenters. The summed E-state index contributed by atoms with van der Waals surface area (Å²) in [5.41, 5.74) is 5.23. The Morgan fingerprint density at radius 1 is 0.864 bits per heavy atom. The summed E-state index contributed by atoms with van der Waals surface area (Å²) in [7, 11) is 0. The molecule has 3 heteroatoms. The van der Waals surface area contributed by atoms with Gasteiger partial charge in [-0.15, -0.1) is 0 Å². The fraction of sp³-hybridized carbons (Fsp3) is 0.158. The number of imidazole rings is 1. The van der Waals surface area contributed by atoms with Gasteiger partial charge in [-0.1, -0.05) is 50.2 Å². The standard InChI is InChI=1S/C19H17N3/c1-12(2)14-7-5-6-13-10-11-17(20-18(13)14)19-21-15-8-3-4-9-16(15)22-19/h3-12H,1-2H3,(H,21,22). The fourth-order valence-electron chi connectivity index (χ4n) is 2.84. The first kappa shape index (κ1) is 13.0. The van der Waals surface area contributed by atoms with Crippen LogP contribution in [0.1, 0.15) is 25.3 Å². The van der Waals surface area contributed by atoms with Gasteiger partial charge in [0.25, 0.3) is 0 Å². The number of para-hydroxylation sites is 3. The van der Waals surface area contributed by atoms with Gasteiger partial charge in [-0.05, 0) is 29.7 Å². The molecule has 0 amide bonds. The number of hydrogen-bond donors (Lipinski definition) is 1. The number of benzene rings is 2. The highest BCUT2D eigenvalue weighted by molar-refractivity contribution is 5.85. The van der Waals surface area contributed by atoms with E-state index in [1.54, 1.807) is 0 Å². The molecule has 3 nitrogen and oxygen atoms in total. The molecule has 0 spiro atoms. The summed E-state index contributed by atoms with van der Waals surface area (Å²) in [5.74, 6) is 1.27. The summed E-state index contributed by atoms with van der Waals surface area (Å²) in [6.07, 6.45) is 0. The predicted octanol–water partition coefficient (Wildman–Crippen LogP) is 4.90. The number of hydrogen-bond acceptors (Lipinski definition) is 2. The Bertz CT molecular complexity index is 934.